The molecule has 0 aliphatic carbocycles. The van der Waals surface area contributed by atoms with Gasteiger partial charge >= 0.3 is 5.97 Å². The maximum atomic E-state index is 12.3. The molecule has 0 aliphatic heterocycles. The van der Waals surface area contributed by atoms with E-state index < -0.39 is 12.1 Å². The van der Waals surface area contributed by atoms with Gasteiger partial charge in [0.1, 0.15) is 4.83 Å². The molecule has 0 saturated heterocycles. The first-order chi connectivity index (χ1) is 12.3. The minimum Gasteiger partial charge on any atom is -0.454 e. The third-order valence-corrected chi connectivity index (χ3v) is 5.92. The summed E-state index contributed by atoms with van der Waals surface area (Å²) in [7, 11) is 0. The van der Waals surface area contributed by atoms with E-state index in [9.17, 15) is 9.59 Å². The number of esters is 1. The molecule has 136 valence electrons. The molecule has 3 rings (SSSR count). The maximum Gasteiger partial charge on any atom is 0.310 e. The van der Waals surface area contributed by atoms with Crippen LogP contribution in [0.2, 0.25) is 10.0 Å². The zero-order valence-electron chi connectivity index (χ0n) is 14.4. The molecule has 1 aromatic carbocycles. The molecule has 26 heavy (non-hydrogen) atoms. The van der Waals surface area contributed by atoms with Crippen LogP contribution in [0.4, 0.5) is 0 Å². The Balaban J connectivity index is 1.78. The van der Waals surface area contributed by atoms with E-state index in [1.807, 2.05) is 13.8 Å². The Morgan fingerprint density at radius 2 is 2.04 bits per heavy atom. The Kier molecular flexibility index (Phi) is 5.37. The molecule has 2 aromatic heterocycles. The highest BCUT2D eigenvalue weighted by Gasteiger charge is 2.18. The largest absolute Gasteiger partial charge is 0.454 e. The molecule has 0 spiro atoms. The molecule has 3 aromatic rings. The molecule has 0 saturated carbocycles. The number of hydrogen-bond acceptors (Lipinski definition) is 5. The maximum absolute atomic E-state index is 12.3. The van der Waals surface area contributed by atoms with Gasteiger partial charge in [0.05, 0.1) is 21.9 Å². The summed E-state index contributed by atoms with van der Waals surface area (Å²) in [6.45, 7) is 5.51. The van der Waals surface area contributed by atoms with Crippen LogP contribution in [0.25, 0.3) is 10.2 Å². The molecule has 1 atom stereocenters. The summed E-state index contributed by atoms with van der Waals surface area (Å²) in [5.41, 5.74) is 1.40. The Hall–Kier alpha value is -1.89. The summed E-state index contributed by atoms with van der Waals surface area (Å²) in [6.07, 6.45) is -0.629. The lowest BCUT2D eigenvalue weighted by atomic mass is 10.1. The number of aromatic nitrogens is 2. The van der Waals surface area contributed by atoms with Gasteiger partial charge in [-0.2, -0.15) is 0 Å². The molecule has 0 aliphatic rings. The number of ether oxygens (including phenoxy) is 1. The van der Waals surface area contributed by atoms with Crippen molar-refractivity contribution in [3.8, 4) is 0 Å². The lowest BCUT2D eigenvalue weighted by Crippen LogP contribution is -2.18. The van der Waals surface area contributed by atoms with Crippen LogP contribution in [0.3, 0.4) is 0 Å². The fraction of sp³-hybridized carbons (Fsp3) is 0.278. The number of H-pyrrole nitrogens is 1. The number of nitrogens with zero attached hydrogens (tertiary/aromatic N) is 1. The summed E-state index contributed by atoms with van der Waals surface area (Å²) in [6, 6.07) is 4.97. The number of aryl methyl sites for hydroxylation is 2. The second-order valence-corrected chi connectivity index (χ2v) is 7.99. The first-order valence-electron chi connectivity index (χ1n) is 7.89. The molecular formula is C18H16Cl2N2O3S. The van der Waals surface area contributed by atoms with Crippen LogP contribution in [0, 0.1) is 13.8 Å². The van der Waals surface area contributed by atoms with Crippen LogP contribution >= 0.6 is 34.5 Å². The highest BCUT2D eigenvalue weighted by molar-refractivity contribution is 7.18. The highest BCUT2D eigenvalue weighted by atomic mass is 35.5. The van der Waals surface area contributed by atoms with E-state index >= 15 is 0 Å². The molecule has 8 heteroatoms. The van der Waals surface area contributed by atoms with Gasteiger partial charge in [0.25, 0.3) is 5.56 Å². The van der Waals surface area contributed by atoms with E-state index in [0.29, 0.717) is 31.6 Å². The molecular weight excluding hydrogens is 395 g/mol. The molecule has 5 nitrogen and oxygen atoms in total. The molecule has 0 fully saturated rings. The SMILES string of the molecule is Cc1sc2nc([C@@H](C)OC(=O)Cc3ccc(Cl)c(Cl)c3)[nH]c(=O)c2c1C. The molecule has 2 heterocycles. The van der Waals surface area contributed by atoms with E-state index in [-0.39, 0.29) is 12.0 Å². The summed E-state index contributed by atoms with van der Waals surface area (Å²) in [4.78, 5) is 33.4. The number of nitrogens with one attached hydrogen (secondary N) is 1. The first-order valence-corrected chi connectivity index (χ1v) is 9.47. The molecule has 0 bridgehead atoms. The zero-order chi connectivity index (χ0) is 19.0. The van der Waals surface area contributed by atoms with Crippen molar-refractivity contribution >= 4 is 50.7 Å². The van der Waals surface area contributed by atoms with Gasteiger partial charge in [-0.15, -0.1) is 11.3 Å². The summed E-state index contributed by atoms with van der Waals surface area (Å²) in [5.74, 6) is -0.122. The number of halogens is 2. The van der Waals surface area contributed by atoms with Crippen LogP contribution in [-0.4, -0.2) is 15.9 Å². The standard InChI is InChI=1S/C18H16Cl2N2O3S/c1-8-10(3)26-18-15(8)17(24)21-16(22-18)9(2)25-14(23)7-11-4-5-12(19)13(20)6-11/h4-6,9H,7H2,1-3H3,(H,21,22,24)/t9-/m1/s1. The van der Waals surface area contributed by atoms with Crippen molar-refractivity contribution in [2.75, 3.05) is 0 Å². The minimum absolute atomic E-state index is 0.0466. The average Bonchev–Trinajstić information content (AvgIpc) is 2.85. The Bertz CT molecular complexity index is 1060. The second kappa shape index (κ2) is 7.39. The lowest BCUT2D eigenvalue weighted by Gasteiger charge is -2.13. The van der Waals surface area contributed by atoms with Crippen LogP contribution in [-0.2, 0) is 16.0 Å². The Labute approximate surface area is 163 Å². The summed E-state index contributed by atoms with van der Waals surface area (Å²) < 4.78 is 5.41. The smallest absolute Gasteiger partial charge is 0.310 e. The Morgan fingerprint density at radius 1 is 1.31 bits per heavy atom. The topological polar surface area (TPSA) is 72.0 Å². The van der Waals surface area contributed by atoms with Crippen molar-refractivity contribution < 1.29 is 9.53 Å². The van der Waals surface area contributed by atoms with E-state index in [0.717, 1.165) is 10.4 Å². The lowest BCUT2D eigenvalue weighted by molar-refractivity contribution is -0.148. The predicted molar refractivity (Wildman–Crippen MR) is 104 cm³/mol. The molecule has 1 N–H and O–H groups in total. The second-order valence-electron chi connectivity index (χ2n) is 5.97. The van der Waals surface area contributed by atoms with Gasteiger partial charge in [0.15, 0.2) is 11.9 Å². The fourth-order valence-corrected chi connectivity index (χ4v) is 3.93. The quantitative estimate of drug-likeness (QED) is 0.629. The van der Waals surface area contributed by atoms with Gasteiger partial charge in [-0.25, -0.2) is 4.98 Å². The van der Waals surface area contributed by atoms with Crippen molar-refractivity contribution in [1.82, 2.24) is 9.97 Å². The number of hydrogen-bond donors (Lipinski definition) is 1. The van der Waals surface area contributed by atoms with Gasteiger partial charge in [-0.1, -0.05) is 29.3 Å². The van der Waals surface area contributed by atoms with Crippen LogP contribution < -0.4 is 5.56 Å². The predicted octanol–water partition coefficient (Wildman–Crippen LogP) is 4.76. The number of carbonyl (C=O) groups is 1. The van der Waals surface area contributed by atoms with E-state index in [2.05, 4.69) is 9.97 Å². The van der Waals surface area contributed by atoms with Crippen LogP contribution in [0.15, 0.2) is 23.0 Å². The third kappa shape index (κ3) is 3.77. The number of fused-ring (bicyclic) bond motifs is 1. The van der Waals surface area contributed by atoms with Gasteiger partial charge in [-0.3, -0.25) is 9.59 Å². The van der Waals surface area contributed by atoms with Crippen molar-refractivity contribution in [3.63, 3.8) is 0 Å². The van der Waals surface area contributed by atoms with Gasteiger partial charge in [-0.05, 0) is 44.0 Å². The van der Waals surface area contributed by atoms with E-state index in [1.54, 1.807) is 25.1 Å². The fourth-order valence-electron chi connectivity index (χ4n) is 2.57. The number of benzene rings is 1. The molecule has 0 radical (unpaired) electrons. The van der Waals surface area contributed by atoms with E-state index in [1.165, 1.54) is 11.3 Å². The van der Waals surface area contributed by atoms with Gasteiger partial charge < -0.3 is 9.72 Å². The zero-order valence-corrected chi connectivity index (χ0v) is 16.7. The first kappa shape index (κ1) is 18.9. The molecule has 0 unspecified atom stereocenters. The van der Waals surface area contributed by atoms with Crippen molar-refractivity contribution in [3.05, 3.63) is 60.4 Å². The highest BCUT2D eigenvalue weighted by Crippen LogP contribution is 2.27. The number of aromatic amines is 1. The minimum atomic E-state index is -0.676. The summed E-state index contributed by atoms with van der Waals surface area (Å²) in [5, 5.41) is 1.39. The van der Waals surface area contributed by atoms with Gasteiger partial charge in [0, 0.05) is 4.88 Å². The van der Waals surface area contributed by atoms with Crippen LogP contribution in [0.5, 0.6) is 0 Å². The number of rotatable bonds is 4. The molecule has 0 amide bonds. The van der Waals surface area contributed by atoms with Crippen molar-refractivity contribution in [2.45, 2.75) is 33.3 Å². The third-order valence-electron chi connectivity index (χ3n) is 4.08. The van der Waals surface area contributed by atoms with Gasteiger partial charge in [0.2, 0.25) is 0 Å². The van der Waals surface area contributed by atoms with Crippen LogP contribution in [0.1, 0.15) is 34.9 Å². The van der Waals surface area contributed by atoms with Crippen molar-refractivity contribution in [2.24, 2.45) is 0 Å². The number of thiophene rings is 1. The normalized spacial score (nSPS) is 12.3. The van der Waals surface area contributed by atoms with Crippen molar-refractivity contribution in [1.29, 1.82) is 0 Å². The number of carbonyl (C=O) groups excluding carboxylic acids is 1. The monoisotopic (exact) mass is 410 g/mol. The Morgan fingerprint density at radius 3 is 2.73 bits per heavy atom. The van der Waals surface area contributed by atoms with E-state index in [4.69, 9.17) is 27.9 Å². The average molecular weight is 411 g/mol. The summed E-state index contributed by atoms with van der Waals surface area (Å²) >= 11 is 13.3.